The Morgan fingerprint density at radius 2 is 2.06 bits per heavy atom. The lowest BCUT2D eigenvalue weighted by molar-refractivity contribution is -0.136. The van der Waals surface area contributed by atoms with Crippen LogP contribution in [0, 0.1) is 6.92 Å². The number of pyridine rings is 1. The molecule has 2 aromatic rings. The van der Waals surface area contributed by atoms with Crippen LogP contribution in [0.25, 0.3) is 11.4 Å². The Balaban J connectivity index is 2.35. The van der Waals surface area contributed by atoms with Crippen LogP contribution >= 0.6 is 0 Å². The van der Waals surface area contributed by atoms with Gasteiger partial charge in [0.2, 0.25) is 0 Å². The molecule has 2 rings (SSSR count). The van der Waals surface area contributed by atoms with Gasteiger partial charge in [0.15, 0.2) is 0 Å². The second-order valence-electron chi connectivity index (χ2n) is 4.16. The largest absolute Gasteiger partial charge is 0.481 e. The van der Waals surface area contributed by atoms with Crippen molar-refractivity contribution >= 4 is 5.97 Å². The van der Waals surface area contributed by atoms with Crippen LogP contribution in [0.15, 0.2) is 24.5 Å². The number of aliphatic carboxylic acids is 1. The molecule has 0 aliphatic carbocycles. The van der Waals surface area contributed by atoms with Crippen molar-refractivity contribution in [3.8, 4) is 11.4 Å². The zero-order chi connectivity index (χ0) is 13.1. The Labute approximate surface area is 105 Å². The SMILES string of the molecule is Cc1nc(-c2ccncc2)n(C)c1CCC(=O)O. The molecule has 0 amide bonds. The Bertz CT molecular complexity index is 561. The highest BCUT2D eigenvalue weighted by molar-refractivity contribution is 5.67. The molecule has 0 aliphatic rings. The number of imidazole rings is 1. The van der Waals surface area contributed by atoms with Crippen molar-refractivity contribution in [1.29, 1.82) is 0 Å². The van der Waals surface area contributed by atoms with E-state index in [1.807, 2.05) is 30.7 Å². The first kappa shape index (κ1) is 12.3. The minimum absolute atomic E-state index is 0.121. The van der Waals surface area contributed by atoms with E-state index in [9.17, 15) is 4.79 Å². The molecule has 0 spiro atoms. The second kappa shape index (κ2) is 5.00. The van der Waals surface area contributed by atoms with Crippen LogP contribution in [0.1, 0.15) is 17.8 Å². The standard InChI is InChI=1S/C13H15N3O2/c1-9-11(3-4-12(17)18)16(2)13(15-9)10-5-7-14-8-6-10/h5-8H,3-4H2,1-2H3,(H,17,18). The molecule has 0 atom stereocenters. The number of nitrogens with zero attached hydrogens (tertiary/aromatic N) is 3. The molecule has 0 radical (unpaired) electrons. The van der Waals surface area contributed by atoms with Gasteiger partial charge in [-0.25, -0.2) is 4.98 Å². The normalized spacial score (nSPS) is 10.6. The molecule has 5 nitrogen and oxygen atoms in total. The fourth-order valence-corrected chi connectivity index (χ4v) is 2.00. The summed E-state index contributed by atoms with van der Waals surface area (Å²) >= 11 is 0. The third-order valence-corrected chi connectivity index (χ3v) is 2.93. The predicted molar refractivity (Wildman–Crippen MR) is 67.1 cm³/mol. The van der Waals surface area contributed by atoms with Crippen LogP contribution in [0.4, 0.5) is 0 Å². The Hall–Kier alpha value is -2.17. The van der Waals surface area contributed by atoms with E-state index in [4.69, 9.17) is 5.11 Å². The van der Waals surface area contributed by atoms with E-state index in [1.54, 1.807) is 12.4 Å². The molecule has 0 aliphatic heterocycles. The van der Waals surface area contributed by atoms with Gasteiger partial charge in [-0.3, -0.25) is 9.78 Å². The number of rotatable bonds is 4. The highest BCUT2D eigenvalue weighted by Crippen LogP contribution is 2.21. The van der Waals surface area contributed by atoms with Crippen LogP contribution in [-0.4, -0.2) is 25.6 Å². The lowest BCUT2D eigenvalue weighted by Gasteiger charge is -2.05. The number of carboxylic acids is 1. The van der Waals surface area contributed by atoms with Crippen molar-refractivity contribution < 1.29 is 9.90 Å². The molecule has 18 heavy (non-hydrogen) atoms. The first-order chi connectivity index (χ1) is 8.59. The van der Waals surface area contributed by atoms with Gasteiger partial charge < -0.3 is 9.67 Å². The number of aromatic nitrogens is 3. The molecule has 0 saturated carbocycles. The van der Waals surface area contributed by atoms with Gasteiger partial charge in [0, 0.05) is 30.7 Å². The number of carbonyl (C=O) groups is 1. The number of hydrogen-bond acceptors (Lipinski definition) is 3. The van der Waals surface area contributed by atoms with Gasteiger partial charge in [0.25, 0.3) is 0 Å². The molecule has 0 fully saturated rings. The summed E-state index contributed by atoms with van der Waals surface area (Å²) in [4.78, 5) is 19.1. The first-order valence-electron chi connectivity index (χ1n) is 5.74. The van der Waals surface area contributed by atoms with Gasteiger partial charge in [-0.15, -0.1) is 0 Å². The summed E-state index contributed by atoms with van der Waals surface area (Å²) in [5, 5.41) is 8.74. The van der Waals surface area contributed by atoms with E-state index in [-0.39, 0.29) is 6.42 Å². The molecule has 5 heteroatoms. The summed E-state index contributed by atoms with van der Waals surface area (Å²) in [6, 6.07) is 3.78. The van der Waals surface area contributed by atoms with Crippen molar-refractivity contribution in [3.05, 3.63) is 35.9 Å². The lowest BCUT2D eigenvalue weighted by Crippen LogP contribution is -2.04. The molecule has 1 N–H and O–H groups in total. The summed E-state index contributed by atoms with van der Waals surface area (Å²) in [6.07, 6.45) is 4.05. The quantitative estimate of drug-likeness (QED) is 0.892. The highest BCUT2D eigenvalue weighted by Gasteiger charge is 2.13. The molecular weight excluding hydrogens is 230 g/mol. The first-order valence-corrected chi connectivity index (χ1v) is 5.74. The van der Waals surface area contributed by atoms with Gasteiger partial charge in [-0.05, 0) is 25.5 Å². The summed E-state index contributed by atoms with van der Waals surface area (Å²) in [7, 11) is 1.91. The van der Waals surface area contributed by atoms with Gasteiger partial charge in [-0.1, -0.05) is 0 Å². The summed E-state index contributed by atoms with van der Waals surface area (Å²) in [6.45, 7) is 1.90. The third kappa shape index (κ3) is 2.40. The average molecular weight is 245 g/mol. The van der Waals surface area contributed by atoms with E-state index in [2.05, 4.69) is 9.97 Å². The van der Waals surface area contributed by atoms with Crippen molar-refractivity contribution in [2.45, 2.75) is 19.8 Å². The van der Waals surface area contributed by atoms with E-state index in [0.29, 0.717) is 6.42 Å². The molecule has 0 bridgehead atoms. The fraction of sp³-hybridized carbons (Fsp3) is 0.308. The molecular formula is C13H15N3O2. The summed E-state index contributed by atoms with van der Waals surface area (Å²) in [5.41, 5.74) is 2.83. The van der Waals surface area contributed by atoms with E-state index < -0.39 is 5.97 Å². The van der Waals surface area contributed by atoms with Crippen molar-refractivity contribution in [2.24, 2.45) is 7.05 Å². The van der Waals surface area contributed by atoms with E-state index in [0.717, 1.165) is 22.8 Å². The summed E-state index contributed by atoms with van der Waals surface area (Å²) < 4.78 is 1.95. The number of aryl methyl sites for hydroxylation is 1. The van der Waals surface area contributed by atoms with Gasteiger partial charge >= 0.3 is 5.97 Å². The van der Waals surface area contributed by atoms with E-state index >= 15 is 0 Å². The van der Waals surface area contributed by atoms with E-state index in [1.165, 1.54) is 0 Å². The van der Waals surface area contributed by atoms with Gasteiger partial charge in [-0.2, -0.15) is 0 Å². The van der Waals surface area contributed by atoms with Crippen LogP contribution in [-0.2, 0) is 18.3 Å². The van der Waals surface area contributed by atoms with Crippen molar-refractivity contribution in [1.82, 2.24) is 14.5 Å². The van der Waals surface area contributed by atoms with Crippen LogP contribution < -0.4 is 0 Å². The molecule has 0 unspecified atom stereocenters. The highest BCUT2D eigenvalue weighted by atomic mass is 16.4. The van der Waals surface area contributed by atoms with Crippen LogP contribution in [0.3, 0.4) is 0 Å². The fourth-order valence-electron chi connectivity index (χ4n) is 2.00. The minimum atomic E-state index is -0.791. The second-order valence-corrected chi connectivity index (χ2v) is 4.16. The predicted octanol–water partition coefficient (Wildman–Crippen LogP) is 1.81. The zero-order valence-electron chi connectivity index (χ0n) is 10.4. The van der Waals surface area contributed by atoms with Gasteiger partial charge in [0.1, 0.15) is 5.82 Å². The summed E-state index contributed by atoms with van der Waals surface area (Å²) in [5.74, 6) is 0.0522. The van der Waals surface area contributed by atoms with Crippen molar-refractivity contribution in [2.75, 3.05) is 0 Å². The number of carboxylic acid groups (broad SMARTS) is 1. The van der Waals surface area contributed by atoms with Crippen molar-refractivity contribution in [3.63, 3.8) is 0 Å². The topological polar surface area (TPSA) is 68.0 Å². The zero-order valence-corrected chi connectivity index (χ0v) is 10.4. The third-order valence-electron chi connectivity index (χ3n) is 2.93. The maximum atomic E-state index is 10.6. The monoisotopic (exact) mass is 245 g/mol. The Morgan fingerprint density at radius 1 is 1.39 bits per heavy atom. The Kier molecular flexibility index (Phi) is 3.41. The van der Waals surface area contributed by atoms with Crippen LogP contribution in [0.5, 0.6) is 0 Å². The molecule has 0 aromatic carbocycles. The maximum absolute atomic E-state index is 10.6. The minimum Gasteiger partial charge on any atom is -0.481 e. The number of hydrogen-bond donors (Lipinski definition) is 1. The maximum Gasteiger partial charge on any atom is 0.303 e. The Morgan fingerprint density at radius 3 is 2.67 bits per heavy atom. The molecule has 0 saturated heterocycles. The molecule has 94 valence electrons. The smallest absolute Gasteiger partial charge is 0.303 e. The molecule has 2 aromatic heterocycles. The lowest BCUT2D eigenvalue weighted by atomic mass is 10.2. The van der Waals surface area contributed by atoms with Gasteiger partial charge in [0.05, 0.1) is 12.1 Å². The van der Waals surface area contributed by atoms with Crippen LogP contribution in [0.2, 0.25) is 0 Å². The molecule has 2 heterocycles. The average Bonchev–Trinajstić information content (AvgIpc) is 2.63.